The second kappa shape index (κ2) is 7.50. The summed E-state index contributed by atoms with van der Waals surface area (Å²) < 4.78 is 0. The van der Waals surface area contributed by atoms with Gasteiger partial charge in [-0.05, 0) is 42.5 Å². The van der Waals surface area contributed by atoms with Crippen molar-refractivity contribution >= 4 is 11.6 Å². The van der Waals surface area contributed by atoms with Crippen molar-refractivity contribution in [1.82, 2.24) is 4.90 Å². The molecule has 1 amide bonds. The number of anilines is 1. The topological polar surface area (TPSA) is 43.8 Å². The summed E-state index contributed by atoms with van der Waals surface area (Å²) in [5.41, 5.74) is 3.69. The lowest BCUT2D eigenvalue weighted by atomic mass is 9.94. The van der Waals surface area contributed by atoms with Crippen LogP contribution in [0.1, 0.15) is 19.3 Å². The molecule has 2 aliphatic rings. The van der Waals surface area contributed by atoms with E-state index in [9.17, 15) is 9.90 Å². The summed E-state index contributed by atoms with van der Waals surface area (Å²) in [7, 11) is 0. The van der Waals surface area contributed by atoms with E-state index in [1.807, 2.05) is 11.0 Å². The maximum absolute atomic E-state index is 12.6. The number of piperidine rings is 1. The van der Waals surface area contributed by atoms with E-state index in [1.54, 1.807) is 0 Å². The molecule has 0 radical (unpaired) electrons. The molecule has 4 heteroatoms. The zero-order valence-corrected chi connectivity index (χ0v) is 15.1. The van der Waals surface area contributed by atoms with Gasteiger partial charge in [-0.1, -0.05) is 42.5 Å². The van der Waals surface area contributed by atoms with Crippen molar-refractivity contribution in [1.29, 1.82) is 0 Å². The van der Waals surface area contributed by atoms with Crippen molar-refractivity contribution < 1.29 is 9.90 Å². The molecule has 4 nitrogen and oxygen atoms in total. The fourth-order valence-electron chi connectivity index (χ4n) is 4.10. The van der Waals surface area contributed by atoms with Crippen LogP contribution in [-0.4, -0.2) is 48.2 Å². The van der Waals surface area contributed by atoms with Gasteiger partial charge in [0.05, 0.1) is 6.10 Å². The van der Waals surface area contributed by atoms with Crippen LogP contribution in [0.4, 0.5) is 5.69 Å². The number of aliphatic hydroxyl groups is 1. The molecule has 0 saturated carbocycles. The third-order valence-corrected chi connectivity index (χ3v) is 5.64. The molecule has 2 aromatic carbocycles. The van der Waals surface area contributed by atoms with E-state index < -0.39 is 0 Å². The van der Waals surface area contributed by atoms with Crippen LogP contribution in [0.3, 0.4) is 0 Å². The Bertz CT molecular complexity index is 754. The SMILES string of the molecule is O=C(C1CCN(c2cccc(-c3ccccc3)c2)CC1)N1CCC(O)C1. The maximum atomic E-state index is 12.6. The largest absolute Gasteiger partial charge is 0.391 e. The number of likely N-dealkylation sites (tertiary alicyclic amines) is 1. The number of β-amino-alcohol motifs (C(OH)–C–C–N with tert-alkyl or cyclic N) is 1. The van der Waals surface area contributed by atoms with E-state index in [-0.39, 0.29) is 17.9 Å². The Labute approximate surface area is 155 Å². The Balaban J connectivity index is 1.40. The monoisotopic (exact) mass is 350 g/mol. The first-order chi connectivity index (χ1) is 12.7. The van der Waals surface area contributed by atoms with Gasteiger partial charge in [0, 0.05) is 37.8 Å². The van der Waals surface area contributed by atoms with Crippen LogP contribution in [0.25, 0.3) is 11.1 Å². The molecular weight excluding hydrogens is 324 g/mol. The lowest BCUT2D eigenvalue weighted by Crippen LogP contribution is -2.42. The molecule has 136 valence electrons. The third kappa shape index (κ3) is 3.61. The van der Waals surface area contributed by atoms with E-state index in [0.29, 0.717) is 13.1 Å². The fraction of sp³-hybridized carbons (Fsp3) is 0.409. The van der Waals surface area contributed by atoms with Crippen LogP contribution in [0.5, 0.6) is 0 Å². The number of amides is 1. The fourth-order valence-corrected chi connectivity index (χ4v) is 4.10. The smallest absolute Gasteiger partial charge is 0.225 e. The quantitative estimate of drug-likeness (QED) is 0.925. The summed E-state index contributed by atoms with van der Waals surface area (Å²) in [6, 6.07) is 19.1. The second-order valence-electron chi connectivity index (χ2n) is 7.40. The van der Waals surface area contributed by atoms with Gasteiger partial charge in [0.15, 0.2) is 0 Å². The van der Waals surface area contributed by atoms with Crippen molar-refractivity contribution in [3.8, 4) is 11.1 Å². The average Bonchev–Trinajstić information content (AvgIpc) is 3.15. The van der Waals surface area contributed by atoms with E-state index >= 15 is 0 Å². The van der Waals surface area contributed by atoms with Crippen molar-refractivity contribution in [3.63, 3.8) is 0 Å². The summed E-state index contributed by atoms with van der Waals surface area (Å²) in [5, 5.41) is 9.66. The Morgan fingerprint density at radius 3 is 2.31 bits per heavy atom. The van der Waals surface area contributed by atoms with Crippen LogP contribution < -0.4 is 4.90 Å². The molecule has 2 fully saturated rings. The molecular formula is C22H26N2O2. The standard InChI is InChI=1S/C22H26N2O2/c25-21-11-14-24(16-21)22(26)18-9-12-23(13-10-18)20-8-4-7-19(15-20)17-5-2-1-3-6-17/h1-8,15,18,21,25H,9-14,16H2. The van der Waals surface area contributed by atoms with Crippen LogP contribution >= 0.6 is 0 Å². The predicted octanol–water partition coefficient (Wildman–Crippen LogP) is 3.16. The van der Waals surface area contributed by atoms with Gasteiger partial charge in [-0.25, -0.2) is 0 Å². The summed E-state index contributed by atoms with van der Waals surface area (Å²) in [6.07, 6.45) is 2.17. The highest BCUT2D eigenvalue weighted by atomic mass is 16.3. The van der Waals surface area contributed by atoms with Gasteiger partial charge in [-0.2, -0.15) is 0 Å². The van der Waals surface area contributed by atoms with E-state index in [1.165, 1.54) is 16.8 Å². The zero-order valence-electron chi connectivity index (χ0n) is 15.1. The summed E-state index contributed by atoms with van der Waals surface area (Å²) in [5.74, 6) is 0.341. The minimum Gasteiger partial charge on any atom is -0.391 e. The van der Waals surface area contributed by atoms with Gasteiger partial charge in [0.2, 0.25) is 5.91 Å². The highest BCUT2D eigenvalue weighted by Crippen LogP contribution is 2.29. The van der Waals surface area contributed by atoms with Crippen molar-refractivity contribution in [2.45, 2.75) is 25.4 Å². The molecule has 0 aliphatic carbocycles. The number of benzene rings is 2. The van der Waals surface area contributed by atoms with Gasteiger partial charge in [0.25, 0.3) is 0 Å². The molecule has 1 unspecified atom stereocenters. The first kappa shape index (κ1) is 17.1. The molecule has 2 aromatic rings. The lowest BCUT2D eigenvalue weighted by molar-refractivity contribution is -0.135. The highest BCUT2D eigenvalue weighted by molar-refractivity contribution is 5.79. The van der Waals surface area contributed by atoms with Crippen LogP contribution in [0.15, 0.2) is 54.6 Å². The first-order valence-corrected chi connectivity index (χ1v) is 9.58. The number of rotatable bonds is 3. The molecule has 1 atom stereocenters. The number of carbonyl (C=O) groups excluding carboxylic acids is 1. The van der Waals surface area contributed by atoms with Gasteiger partial charge in [0.1, 0.15) is 0 Å². The minimum absolute atomic E-state index is 0.105. The number of hydrogen-bond acceptors (Lipinski definition) is 3. The zero-order chi connectivity index (χ0) is 17.9. The lowest BCUT2D eigenvalue weighted by Gasteiger charge is -2.34. The highest BCUT2D eigenvalue weighted by Gasteiger charge is 2.32. The number of hydrogen-bond donors (Lipinski definition) is 1. The van der Waals surface area contributed by atoms with Crippen molar-refractivity contribution in [2.75, 3.05) is 31.1 Å². The van der Waals surface area contributed by atoms with Crippen molar-refractivity contribution in [2.24, 2.45) is 5.92 Å². The third-order valence-electron chi connectivity index (χ3n) is 5.64. The molecule has 0 bridgehead atoms. The molecule has 1 N–H and O–H groups in total. The predicted molar refractivity (Wildman–Crippen MR) is 104 cm³/mol. The Morgan fingerprint density at radius 1 is 0.885 bits per heavy atom. The Hall–Kier alpha value is -2.33. The number of aliphatic hydroxyl groups excluding tert-OH is 1. The van der Waals surface area contributed by atoms with Crippen LogP contribution in [-0.2, 0) is 4.79 Å². The van der Waals surface area contributed by atoms with Crippen LogP contribution in [0, 0.1) is 5.92 Å². The number of nitrogens with zero attached hydrogens (tertiary/aromatic N) is 2. The molecule has 2 saturated heterocycles. The van der Waals surface area contributed by atoms with Gasteiger partial charge < -0.3 is 14.9 Å². The van der Waals surface area contributed by atoms with Gasteiger partial charge in [-0.15, -0.1) is 0 Å². The normalized spacial score (nSPS) is 21.2. The summed E-state index contributed by atoms with van der Waals surface area (Å²) >= 11 is 0. The molecule has 26 heavy (non-hydrogen) atoms. The Kier molecular flexibility index (Phi) is 4.93. The molecule has 0 aromatic heterocycles. The Morgan fingerprint density at radius 2 is 1.62 bits per heavy atom. The summed E-state index contributed by atoms with van der Waals surface area (Å²) in [4.78, 5) is 16.9. The van der Waals surface area contributed by atoms with Gasteiger partial charge >= 0.3 is 0 Å². The maximum Gasteiger partial charge on any atom is 0.225 e. The van der Waals surface area contributed by atoms with Crippen molar-refractivity contribution in [3.05, 3.63) is 54.6 Å². The average molecular weight is 350 g/mol. The first-order valence-electron chi connectivity index (χ1n) is 9.58. The minimum atomic E-state index is -0.334. The molecule has 4 rings (SSSR count). The summed E-state index contributed by atoms with van der Waals surface area (Å²) in [6.45, 7) is 3.04. The number of carbonyl (C=O) groups is 1. The van der Waals surface area contributed by atoms with Crippen LogP contribution in [0.2, 0.25) is 0 Å². The second-order valence-corrected chi connectivity index (χ2v) is 7.40. The molecule has 2 aliphatic heterocycles. The molecule has 0 spiro atoms. The van der Waals surface area contributed by atoms with Gasteiger partial charge in [-0.3, -0.25) is 4.79 Å². The molecule has 2 heterocycles. The van der Waals surface area contributed by atoms with E-state index in [2.05, 4.69) is 53.4 Å². The van der Waals surface area contributed by atoms with E-state index in [4.69, 9.17) is 0 Å². The van der Waals surface area contributed by atoms with E-state index in [0.717, 1.165) is 32.4 Å².